The van der Waals surface area contributed by atoms with E-state index in [1.807, 2.05) is 20.8 Å². The summed E-state index contributed by atoms with van der Waals surface area (Å²) in [6.45, 7) is 7.42. The van der Waals surface area contributed by atoms with Crippen LogP contribution in [0.25, 0.3) is 0 Å². The summed E-state index contributed by atoms with van der Waals surface area (Å²) >= 11 is 0. The second-order valence-corrected chi connectivity index (χ2v) is 7.91. The fourth-order valence-electron chi connectivity index (χ4n) is 3.31. The van der Waals surface area contributed by atoms with Crippen molar-refractivity contribution in [3.8, 4) is 0 Å². The number of rotatable bonds is 4. The van der Waals surface area contributed by atoms with Crippen LogP contribution in [0.5, 0.6) is 0 Å². The number of hydrogen-bond donors (Lipinski definition) is 1. The number of nitrogens with one attached hydrogen (secondary N) is 1. The average Bonchev–Trinajstić information content (AvgIpc) is 2.54. The van der Waals surface area contributed by atoms with Gasteiger partial charge in [-0.25, -0.2) is 4.79 Å². The van der Waals surface area contributed by atoms with Gasteiger partial charge in [-0.2, -0.15) is 0 Å². The lowest BCUT2D eigenvalue weighted by Crippen LogP contribution is -2.47. The maximum absolute atomic E-state index is 12.4. The molecule has 136 valence electrons. The quantitative estimate of drug-likeness (QED) is 0.797. The van der Waals surface area contributed by atoms with Crippen LogP contribution in [0.15, 0.2) is 11.6 Å². The van der Waals surface area contributed by atoms with E-state index in [1.54, 1.807) is 4.90 Å². The zero-order valence-corrected chi connectivity index (χ0v) is 15.4. The molecule has 5 nitrogen and oxygen atoms in total. The standard InChI is InChI=1S/C19H32N2O3/c1-19(2,3)24-18(23)21-13-7-10-16(14-21)17(22)20-12-11-15-8-5-4-6-9-15/h8,16H,4-7,9-14H2,1-3H3,(H,20,22)/t16-/m1/s1. The molecule has 1 N–H and O–H groups in total. The molecular weight excluding hydrogens is 304 g/mol. The van der Waals surface area contributed by atoms with Gasteiger partial charge >= 0.3 is 6.09 Å². The summed E-state index contributed by atoms with van der Waals surface area (Å²) in [6, 6.07) is 0. The molecule has 0 spiro atoms. The summed E-state index contributed by atoms with van der Waals surface area (Å²) in [5.41, 5.74) is 0.973. The van der Waals surface area contributed by atoms with E-state index in [4.69, 9.17) is 4.74 Å². The first-order valence-corrected chi connectivity index (χ1v) is 9.29. The number of ether oxygens (including phenoxy) is 1. The van der Waals surface area contributed by atoms with Crippen molar-refractivity contribution >= 4 is 12.0 Å². The molecule has 0 bridgehead atoms. The lowest BCUT2D eigenvalue weighted by atomic mass is 9.96. The smallest absolute Gasteiger partial charge is 0.410 e. The number of carbonyl (C=O) groups is 2. The third-order valence-electron chi connectivity index (χ3n) is 4.57. The predicted molar refractivity (Wildman–Crippen MR) is 94.7 cm³/mol. The highest BCUT2D eigenvalue weighted by Crippen LogP contribution is 2.21. The molecule has 2 amide bonds. The van der Waals surface area contributed by atoms with Gasteiger partial charge in [0.2, 0.25) is 5.91 Å². The number of hydrogen-bond acceptors (Lipinski definition) is 3. The fourth-order valence-corrected chi connectivity index (χ4v) is 3.31. The maximum atomic E-state index is 12.4. The molecule has 1 atom stereocenters. The Labute approximate surface area is 145 Å². The normalized spacial score (nSPS) is 21.9. The molecule has 0 aromatic carbocycles. The van der Waals surface area contributed by atoms with Crippen LogP contribution >= 0.6 is 0 Å². The Balaban J connectivity index is 1.75. The van der Waals surface area contributed by atoms with Crippen LogP contribution in [0.1, 0.15) is 65.7 Å². The van der Waals surface area contributed by atoms with Gasteiger partial charge in [0.25, 0.3) is 0 Å². The first-order chi connectivity index (χ1) is 11.3. The molecule has 1 aliphatic carbocycles. The van der Waals surface area contributed by atoms with Crippen molar-refractivity contribution in [3.05, 3.63) is 11.6 Å². The zero-order valence-electron chi connectivity index (χ0n) is 15.4. The summed E-state index contributed by atoms with van der Waals surface area (Å²) in [6.07, 6.45) is 9.56. The van der Waals surface area contributed by atoms with E-state index in [2.05, 4.69) is 11.4 Å². The largest absolute Gasteiger partial charge is 0.444 e. The molecule has 0 saturated carbocycles. The molecular formula is C19H32N2O3. The SMILES string of the molecule is CC(C)(C)OC(=O)N1CCC[C@@H](C(=O)NCCC2=CCCCC2)C1. The number of nitrogens with zero attached hydrogens (tertiary/aromatic N) is 1. The first-order valence-electron chi connectivity index (χ1n) is 9.29. The van der Waals surface area contributed by atoms with Gasteiger partial charge in [0, 0.05) is 19.6 Å². The lowest BCUT2D eigenvalue weighted by Gasteiger charge is -2.33. The fraction of sp³-hybridized carbons (Fsp3) is 0.789. The molecule has 0 radical (unpaired) electrons. The van der Waals surface area contributed by atoms with Crippen molar-refractivity contribution in [2.45, 2.75) is 71.3 Å². The summed E-state index contributed by atoms with van der Waals surface area (Å²) in [5.74, 6) is -0.0497. The molecule has 0 aromatic heterocycles. The van der Waals surface area contributed by atoms with Crippen LogP contribution in [0.4, 0.5) is 4.79 Å². The summed E-state index contributed by atoms with van der Waals surface area (Å²) < 4.78 is 5.41. The van der Waals surface area contributed by atoms with Gasteiger partial charge in [-0.3, -0.25) is 4.79 Å². The number of allylic oxidation sites excluding steroid dienone is 1. The van der Waals surface area contributed by atoms with E-state index in [1.165, 1.54) is 31.3 Å². The van der Waals surface area contributed by atoms with Crippen molar-refractivity contribution in [1.82, 2.24) is 10.2 Å². The van der Waals surface area contributed by atoms with Crippen molar-refractivity contribution < 1.29 is 14.3 Å². The molecule has 1 aliphatic heterocycles. The molecule has 24 heavy (non-hydrogen) atoms. The molecule has 2 rings (SSSR count). The van der Waals surface area contributed by atoms with E-state index in [0.717, 1.165) is 19.3 Å². The average molecular weight is 336 g/mol. The highest BCUT2D eigenvalue weighted by molar-refractivity contribution is 5.80. The summed E-state index contributed by atoms with van der Waals surface area (Å²) in [4.78, 5) is 26.2. The number of amides is 2. The number of carbonyl (C=O) groups excluding carboxylic acids is 2. The van der Waals surface area contributed by atoms with Crippen molar-refractivity contribution in [1.29, 1.82) is 0 Å². The molecule has 0 aromatic rings. The Kier molecular flexibility index (Phi) is 6.69. The summed E-state index contributed by atoms with van der Waals surface area (Å²) in [5, 5.41) is 3.05. The Morgan fingerprint density at radius 2 is 2.08 bits per heavy atom. The van der Waals surface area contributed by atoms with E-state index < -0.39 is 5.60 Å². The Bertz CT molecular complexity index is 479. The monoisotopic (exact) mass is 336 g/mol. The maximum Gasteiger partial charge on any atom is 0.410 e. The highest BCUT2D eigenvalue weighted by atomic mass is 16.6. The molecule has 0 unspecified atom stereocenters. The van der Waals surface area contributed by atoms with Crippen molar-refractivity contribution in [3.63, 3.8) is 0 Å². The molecule has 2 aliphatic rings. The molecule has 5 heteroatoms. The van der Waals surface area contributed by atoms with Gasteiger partial charge in [-0.1, -0.05) is 11.6 Å². The van der Waals surface area contributed by atoms with E-state index in [0.29, 0.717) is 19.6 Å². The topological polar surface area (TPSA) is 58.6 Å². The third-order valence-corrected chi connectivity index (χ3v) is 4.57. The molecule has 1 fully saturated rings. The van der Waals surface area contributed by atoms with Crippen LogP contribution < -0.4 is 5.32 Å². The van der Waals surface area contributed by atoms with Crippen molar-refractivity contribution in [2.24, 2.45) is 5.92 Å². The highest BCUT2D eigenvalue weighted by Gasteiger charge is 2.30. The van der Waals surface area contributed by atoms with Gasteiger partial charge in [0.15, 0.2) is 0 Å². The molecule has 1 heterocycles. The Morgan fingerprint density at radius 3 is 2.75 bits per heavy atom. The van der Waals surface area contributed by atoms with Gasteiger partial charge < -0.3 is 15.0 Å². The number of likely N-dealkylation sites (tertiary alicyclic amines) is 1. The van der Waals surface area contributed by atoms with Crippen LogP contribution in [-0.4, -0.2) is 42.1 Å². The van der Waals surface area contributed by atoms with E-state index in [-0.39, 0.29) is 17.9 Å². The minimum absolute atomic E-state index is 0.0691. The van der Waals surface area contributed by atoms with Crippen LogP contribution in [0.3, 0.4) is 0 Å². The predicted octanol–water partition coefficient (Wildman–Crippen LogP) is 3.64. The van der Waals surface area contributed by atoms with E-state index in [9.17, 15) is 9.59 Å². The second-order valence-electron chi connectivity index (χ2n) is 7.91. The minimum atomic E-state index is -0.500. The van der Waals surface area contributed by atoms with E-state index >= 15 is 0 Å². The van der Waals surface area contributed by atoms with Gasteiger partial charge in [-0.05, 0) is 65.7 Å². The Morgan fingerprint density at radius 1 is 1.29 bits per heavy atom. The van der Waals surface area contributed by atoms with Gasteiger partial charge in [-0.15, -0.1) is 0 Å². The number of piperidine rings is 1. The van der Waals surface area contributed by atoms with Gasteiger partial charge in [0.1, 0.15) is 5.60 Å². The Hall–Kier alpha value is -1.52. The van der Waals surface area contributed by atoms with Gasteiger partial charge in [0.05, 0.1) is 5.92 Å². The van der Waals surface area contributed by atoms with Crippen LogP contribution in [0, 0.1) is 5.92 Å². The summed E-state index contributed by atoms with van der Waals surface area (Å²) in [7, 11) is 0. The minimum Gasteiger partial charge on any atom is -0.444 e. The lowest BCUT2D eigenvalue weighted by molar-refractivity contribution is -0.126. The zero-order chi connectivity index (χ0) is 17.6. The van der Waals surface area contributed by atoms with Crippen LogP contribution in [0.2, 0.25) is 0 Å². The van der Waals surface area contributed by atoms with Crippen molar-refractivity contribution in [2.75, 3.05) is 19.6 Å². The molecule has 1 saturated heterocycles. The first kappa shape index (κ1) is 18.8. The third kappa shape index (κ3) is 6.17. The van der Waals surface area contributed by atoms with Crippen LogP contribution in [-0.2, 0) is 9.53 Å². The second kappa shape index (κ2) is 8.54.